The van der Waals surface area contributed by atoms with Crippen LogP contribution in [0.1, 0.15) is 89.9 Å². The molecule has 2 aliphatic carbocycles. The molecule has 2 aliphatic rings. The van der Waals surface area contributed by atoms with Gasteiger partial charge in [-0.2, -0.15) is 0 Å². The van der Waals surface area contributed by atoms with Crippen LogP contribution < -0.4 is 21.3 Å². The molecule has 4 N–H and O–H groups in total. The maximum atomic E-state index is 5.40. The van der Waals surface area contributed by atoms with Crippen molar-refractivity contribution in [2.24, 2.45) is 0 Å². The van der Waals surface area contributed by atoms with Gasteiger partial charge in [-0.3, -0.25) is 0 Å². The van der Waals surface area contributed by atoms with Gasteiger partial charge in [0, 0.05) is 25.2 Å². The summed E-state index contributed by atoms with van der Waals surface area (Å²) in [6, 6.07) is 1.20. The summed E-state index contributed by atoms with van der Waals surface area (Å²) in [5.74, 6) is 0. The van der Waals surface area contributed by atoms with Crippen molar-refractivity contribution in [1.29, 1.82) is 0 Å². The van der Waals surface area contributed by atoms with Gasteiger partial charge in [0.25, 0.3) is 0 Å². The molecule has 6 heteroatoms. The second-order valence-corrected chi connectivity index (χ2v) is 8.70. The Bertz CT molecular complexity index is 367. The summed E-state index contributed by atoms with van der Waals surface area (Å²) in [6.07, 6.45) is 18.0. The average molecular weight is 399 g/mol. The molecule has 0 aromatic heterocycles. The monoisotopic (exact) mass is 398 g/mol. The zero-order valence-corrected chi connectivity index (χ0v) is 17.9. The Balaban J connectivity index is 1.36. The first-order valence-corrected chi connectivity index (χ1v) is 11.6. The quantitative estimate of drug-likeness (QED) is 0.346. The Morgan fingerprint density at radius 1 is 0.577 bits per heavy atom. The zero-order chi connectivity index (χ0) is 18.5. The molecule has 2 fully saturated rings. The number of hydrogen-bond acceptors (Lipinski definition) is 2. The molecule has 0 aromatic carbocycles. The molecule has 0 bridgehead atoms. The summed E-state index contributed by atoms with van der Waals surface area (Å²) in [5.41, 5.74) is 0. The van der Waals surface area contributed by atoms with Crippen molar-refractivity contribution in [2.45, 2.75) is 102 Å². The van der Waals surface area contributed by atoms with Crippen LogP contribution >= 0.6 is 24.4 Å². The molecule has 150 valence electrons. The molecular formula is C20H38N4S2. The lowest BCUT2D eigenvalue weighted by atomic mass is 9.96. The predicted octanol–water partition coefficient (Wildman–Crippen LogP) is 4.14. The molecule has 0 aromatic rings. The van der Waals surface area contributed by atoms with Crippen LogP contribution in [-0.2, 0) is 0 Å². The molecule has 0 unspecified atom stereocenters. The number of hydrogen-bond donors (Lipinski definition) is 4. The normalized spacial score (nSPS) is 18.9. The molecule has 26 heavy (non-hydrogen) atoms. The van der Waals surface area contributed by atoms with E-state index >= 15 is 0 Å². The lowest BCUT2D eigenvalue weighted by molar-refractivity contribution is 0.411. The van der Waals surface area contributed by atoms with E-state index < -0.39 is 0 Å². The van der Waals surface area contributed by atoms with Crippen LogP contribution in [0.5, 0.6) is 0 Å². The number of thiocarbonyl (C=S) groups is 2. The SMILES string of the molecule is S=C(NCCCCCCNC(=S)NC1CCCCC1)NC1CCCCC1. The summed E-state index contributed by atoms with van der Waals surface area (Å²) >= 11 is 10.8. The van der Waals surface area contributed by atoms with Crippen LogP contribution in [0.15, 0.2) is 0 Å². The smallest absolute Gasteiger partial charge is 0.166 e. The Hall–Kier alpha value is -0.620. The number of nitrogens with one attached hydrogen (secondary N) is 4. The van der Waals surface area contributed by atoms with E-state index in [9.17, 15) is 0 Å². The minimum atomic E-state index is 0.598. The van der Waals surface area contributed by atoms with E-state index in [-0.39, 0.29) is 0 Å². The van der Waals surface area contributed by atoms with Gasteiger partial charge < -0.3 is 21.3 Å². The van der Waals surface area contributed by atoms with E-state index in [1.165, 1.54) is 89.9 Å². The summed E-state index contributed by atoms with van der Waals surface area (Å²) in [7, 11) is 0. The molecule has 2 rings (SSSR count). The summed E-state index contributed by atoms with van der Waals surface area (Å²) in [4.78, 5) is 0. The van der Waals surface area contributed by atoms with E-state index in [0.717, 1.165) is 23.3 Å². The summed E-state index contributed by atoms with van der Waals surface area (Å²) in [5, 5.41) is 15.3. The first-order valence-electron chi connectivity index (χ1n) is 10.8. The van der Waals surface area contributed by atoms with Crippen molar-refractivity contribution in [3.05, 3.63) is 0 Å². The molecule has 0 radical (unpaired) electrons. The summed E-state index contributed by atoms with van der Waals surface area (Å²) < 4.78 is 0. The molecule has 2 saturated carbocycles. The van der Waals surface area contributed by atoms with Crippen molar-refractivity contribution < 1.29 is 0 Å². The Morgan fingerprint density at radius 2 is 0.962 bits per heavy atom. The van der Waals surface area contributed by atoms with Crippen LogP contribution in [0, 0.1) is 0 Å². The van der Waals surface area contributed by atoms with Gasteiger partial charge in [0.1, 0.15) is 0 Å². The fourth-order valence-electron chi connectivity index (χ4n) is 3.97. The molecule has 0 amide bonds. The van der Waals surface area contributed by atoms with Crippen LogP contribution in [0.3, 0.4) is 0 Å². The lowest BCUT2D eigenvalue weighted by Crippen LogP contribution is -2.43. The maximum Gasteiger partial charge on any atom is 0.166 e. The molecular weight excluding hydrogens is 360 g/mol. The van der Waals surface area contributed by atoms with E-state index in [1.54, 1.807) is 0 Å². The fraction of sp³-hybridized carbons (Fsp3) is 0.900. The van der Waals surface area contributed by atoms with Gasteiger partial charge in [0.05, 0.1) is 0 Å². The van der Waals surface area contributed by atoms with E-state index in [1.807, 2.05) is 0 Å². The first-order chi connectivity index (χ1) is 12.7. The number of rotatable bonds is 9. The van der Waals surface area contributed by atoms with Gasteiger partial charge in [0.15, 0.2) is 10.2 Å². The van der Waals surface area contributed by atoms with Crippen LogP contribution in [-0.4, -0.2) is 35.4 Å². The highest BCUT2D eigenvalue weighted by Crippen LogP contribution is 2.17. The lowest BCUT2D eigenvalue weighted by Gasteiger charge is -2.24. The van der Waals surface area contributed by atoms with E-state index in [2.05, 4.69) is 21.3 Å². The van der Waals surface area contributed by atoms with Crippen molar-refractivity contribution >= 4 is 34.7 Å². The highest BCUT2D eigenvalue weighted by Gasteiger charge is 2.14. The average Bonchev–Trinajstić information content (AvgIpc) is 2.65. The largest absolute Gasteiger partial charge is 0.363 e. The molecule has 0 heterocycles. The third kappa shape index (κ3) is 9.91. The second-order valence-electron chi connectivity index (χ2n) is 7.88. The van der Waals surface area contributed by atoms with Crippen LogP contribution in [0.4, 0.5) is 0 Å². The Kier molecular flexibility index (Phi) is 11.3. The molecule has 0 spiro atoms. The Morgan fingerprint density at radius 3 is 1.35 bits per heavy atom. The van der Waals surface area contributed by atoms with Crippen molar-refractivity contribution in [1.82, 2.24) is 21.3 Å². The first kappa shape index (κ1) is 21.7. The molecule has 0 atom stereocenters. The van der Waals surface area contributed by atoms with Gasteiger partial charge in [-0.25, -0.2) is 0 Å². The number of unbranched alkanes of at least 4 members (excludes halogenated alkanes) is 3. The molecule has 0 aliphatic heterocycles. The van der Waals surface area contributed by atoms with Crippen LogP contribution in [0.2, 0.25) is 0 Å². The Labute approximate surface area is 171 Å². The minimum absolute atomic E-state index is 0.598. The van der Waals surface area contributed by atoms with E-state index in [0.29, 0.717) is 12.1 Å². The van der Waals surface area contributed by atoms with Gasteiger partial charge in [-0.1, -0.05) is 51.4 Å². The molecule has 4 nitrogen and oxygen atoms in total. The van der Waals surface area contributed by atoms with Gasteiger partial charge in [-0.15, -0.1) is 0 Å². The van der Waals surface area contributed by atoms with Gasteiger partial charge in [-0.05, 0) is 63.0 Å². The molecule has 0 saturated heterocycles. The van der Waals surface area contributed by atoms with Gasteiger partial charge >= 0.3 is 0 Å². The summed E-state index contributed by atoms with van der Waals surface area (Å²) in [6.45, 7) is 1.96. The van der Waals surface area contributed by atoms with E-state index in [4.69, 9.17) is 24.4 Å². The minimum Gasteiger partial charge on any atom is -0.363 e. The highest BCUT2D eigenvalue weighted by atomic mass is 32.1. The van der Waals surface area contributed by atoms with Crippen molar-refractivity contribution in [3.63, 3.8) is 0 Å². The van der Waals surface area contributed by atoms with Crippen molar-refractivity contribution in [3.8, 4) is 0 Å². The second kappa shape index (κ2) is 13.5. The third-order valence-electron chi connectivity index (χ3n) is 5.56. The third-order valence-corrected chi connectivity index (χ3v) is 6.08. The fourth-order valence-corrected chi connectivity index (χ4v) is 4.51. The maximum absolute atomic E-state index is 5.40. The van der Waals surface area contributed by atoms with Gasteiger partial charge in [0.2, 0.25) is 0 Å². The predicted molar refractivity (Wildman–Crippen MR) is 120 cm³/mol. The zero-order valence-electron chi connectivity index (χ0n) is 16.3. The van der Waals surface area contributed by atoms with Crippen molar-refractivity contribution in [2.75, 3.05) is 13.1 Å². The topological polar surface area (TPSA) is 48.1 Å². The standard InChI is InChI=1S/C20H38N4S2/c25-19(23-17-11-5-3-6-12-17)21-15-9-1-2-10-16-22-20(26)24-18-13-7-4-8-14-18/h17-18H,1-16H2,(H2,21,23,25)(H2,22,24,26). The highest BCUT2D eigenvalue weighted by molar-refractivity contribution is 7.80. The van der Waals surface area contributed by atoms with Crippen LogP contribution in [0.25, 0.3) is 0 Å².